The molecule has 0 aliphatic rings. The molecule has 0 unspecified atom stereocenters. The summed E-state index contributed by atoms with van der Waals surface area (Å²) in [5.74, 6) is -0.395. The number of sulfonamides is 1. The van der Waals surface area contributed by atoms with Crippen LogP contribution < -0.4 is 10.0 Å². The first-order valence-corrected chi connectivity index (χ1v) is 9.90. The van der Waals surface area contributed by atoms with Gasteiger partial charge < -0.3 is 0 Å². The van der Waals surface area contributed by atoms with Gasteiger partial charge in [0.15, 0.2) is 0 Å². The van der Waals surface area contributed by atoms with Gasteiger partial charge in [-0.2, -0.15) is 0 Å². The molecule has 2 aromatic carbocycles. The summed E-state index contributed by atoms with van der Waals surface area (Å²) in [6.45, 7) is 0. The first-order valence-electron chi connectivity index (χ1n) is 7.19. The molecule has 0 bridgehead atoms. The molecule has 0 saturated heterocycles. The van der Waals surface area contributed by atoms with Crippen LogP contribution in [0, 0.1) is 0 Å². The Labute approximate surface area is 148 Å². The number of hydrogen-bond donors (Lipinski definition) is 2. The maximum Gasteiger partial charge on any atom is 0.257 e. The SMILES string of the molecule is CS(=O)(=O)Nc1cccc(C(=O)Nc2nnc(-c3ccccc3)s2)c1. The van der Waals surface area contributed by atoms with Crippen molar-refractivity contribution >= 4 is 38.1 Å². The van der Waals surface area contributed by atoms with Crippen molar-refractivity contribution in [1.82, 2.24) is 10.2 Å². The summed E-state index contributed by atoms with van der Waals surface area (Å²) in [7, 11) is -3.41. The fraction of sp³-hybridized carbons (Fsp3) is 0.0625. The minimum Gasteiger partial charge on any atom is -0.296 e. The van der Waals surface area contributed by atoms with Crippen LogP contribution in [-0.2, 0) is 10.0 Å². The van der Waals surface area contributed by atoms with Gasteiger partial charge >= 0.3 is 0 Å². The third-order valence-corrected chi connectivity index (χ3v) is 4.59. The van der Waals surface area contributed by atoms with Crippen LogP contribution in [-0.4, -0.2) is 30.8 Å². The van der Waals surface area contributed by atoms with E-state index in [4.69, 9.17) is 0 Å². The summed E-state index contributed by atoms with van der Waals surface area (Å²) in [6.07, 6.45) is 1.05. The molecule has 0 aliphatic heterocycles. The predicted octanol–water partition coefficient (Wildman–Crippen LogP) is 2.83. The second kappa shape index (κ2) is 6.99. The molecule has 7 nitrogen and oxygen atoms in total. The van der Waals surface area contributed by atoms with Crippen LogP contribution >= 0.6 is 11.3 Å². The van der Waals surface area contributed by atoms with Gasteiger partial charge in [-0.3, -0.25) is 14.8 Å². The van der Waals surface area contributed by atoms with Crippen LogP contribution in [0.3, 0.4) is 0 Å². The molecular weight excluding hydrogens is 360 g/mol. The second-order valence-electron chi connectivity index (χ2n) is 5.19. The Hall–Kier alpha value is -2.78. The van der Waals surface area contributed by atoms with E-state index in [2.05, 4.69) is 20.2 Å². The predicted molar refractivity (Wildman–Crippen MR) is 98.2 cm³/mol. The highest BCUT2D eigenvalue weighted by Gasteiger charge is 2.12. The van der Waals surface area contributed by atoms with Gasteiger partial charge in [0.2, 0.25) is 15.2 Å². The molecule has 1 amide bonds. The number of anilines is 2. The van der Waals surface area contributed by atoms with Crippen LogP contribution in [0.4, 0.5) is 10.8 Å². The van der Waals surface area contributed by atoms with Crippen molar-refractivity contribution in [2.75, 3.05) is 16.3 Å². The molecule has 0 aliphatic carbocycles. The maximum atomic E-state index is 12.3. The zero-order valence-electron chi connectivity index (χ0n) is 13.1. The fourth-order valence-electron chi connectivity index (χ4n) is 2.08. The van der Waals surface area contributed by atoms with Crippen LogP contribution in [0.15, 0.2) is 54.6 Å². The molecule has 0 radical (unpaired) electrons. The van der Waals surface area contributed by atoms with Crippen molar-refractivity contribution in [2.45, 2.75) is 0 Å². The van der Waals surface area contributed by atoms with E-state index in [0.29, 0.717) is 21.4 Å². The van der Waals surface area contributed by atoms with Gasteiger partial charge in [-0.1, -0.05) is 47.7 Å². The lowest BCUT2D eigenvalue weighted by atomic mass is 10.2. The van der Waals surface area contributed by atoms with Gasteiger partial charge in [-0.25, -0.2) is 8.42 Å². The molecule has 128 valence electrons. The second-order valence-corrected chi connectivity index (χ2v) is 7.91. The average molecular weight is 374 g/mol. The first kappa shape index (κ1) is 17.1. The molecular formula is C16H14N4O3S2. The monoisotopic (exact) mass is 374 g/mol. The zero-order valence-corrected chi connectivity index (χ0v) is 14.8. The van der Waals surface area contributed by atoms with Gasteiger partial charge in [0.05, 0.1) is 6.26 Å². The Balaban J connectivity index is 1.75. The third kappa shape index (κ3) is 4.61. The van der Waals surface area contributed by atoms with Crippen LogP contribution in [0.1, 0.15) is 10.4 Å². The maximum absolute atomic E-state index is 12.3. The van der Waals surface area contributed by atoms with Crippen LogP contribution in [0.25, 0.3) is 10.6 Å². The number of benzene rings is 2. The van der Waals surface area contributed by atoms with Gasteiger partial charge in [-0.15, -0.1) is 10.2 Å². The lowest BCUT2D eigenvalue weighted by Crippen LogP contribution is -2.13. The van der Waals surface area contributed by atoms with Gasteiger partial charge in [0.1, 0.15) is 5.01 Å². The van der Waals surface area contributed by atoms with Crippen molar-refractivity contribution in [2.24, 2.45) is 0 Å². The van der Waals surface area contributed by atoms with E-state index in [1.54, 1.807) is 18.2 Å². The highest BCUT2D eigenvalue weighted by molar-refractivity contribution is 7.92. The lowest BCUT2D eigenvalue weighted by molar-refractivity contribution is 0.102. The number of nitrogens with zero attached hydrogens (tertiary/aromatic N) is 2. The van der Waals surface area contributed by atoms with E-state index >= 15 is 0 Å². The molecule has 1 aromatic heterocycles. The minimum atomic E-state index is -3.41. The molecule has 9 heteroatoms. The molecule has 0 spiro atoms. The zero-order chi connectivity index (χ0) is 17.9. The van der Waals surface area contributed by atoms with Crippen molar-refractivity contribution in [3.63, 3.8) is 0 Å². The van der Waals surface area contributed by atoms with Gasteiger partial charge in [0.25, 0.3) is 5.91 Å². The van der Waals surface area contributed by atoms with E-state index in [0.717, 1.165) is 11.8 Å². The number of rotatable bonds is 5. The summed E-state index contributed by atoms with van der Waals surface area (Å²) in [6, 6.07) is 15.7. The number of nitrogens with one attached hydrogen (secondary N) is 2. The third-order valence-electron chi connectivity index (χ3n) is 3.09. The molecule has 3 aromatic rings. The molecule has 1 heterocycles. The topological polar surface area (TPSA) is 101 Å². The standard InChI is InChI=1S/C16H14N4O3S2/c1-25(22,23)20-13-9-5-8-12(10-13)14(21)17-16-19-18-15(24-16)11-6-3-2-4-7-11/h2-10,20H,1H3,(H,17,19,21). The van der Waals surface area contributed by atoms with E-state index in [1.165, 1.54) is 17.4 Å². The van der Waals surface area contributed by atoms with Crippen molar-refractivity contribution in [3.05, 3.63) is 60.2 Å². The van der Waals surface area contributed by atoms with Gasteiger partial charge in [0, 0.05) is 16.8 Å². The van der Waals surface area contributed by atoms with Crippen molar-refractivity contribution in [3.8, 4) is 10.6 Å². The highest BCUT2D eigenvalue weighted by atomic mass is 32.2. The van der Waals surface area contributed by atoms with Crippen LogP contribution in [0.2, 0.25) is 0 Å². The van der Waals surface area contributed by atoms with Gasteiger partial charge in [-0.05, 0) is 18.2 Å². The smallest absolute Gasteiger partial charge is 0.257 e. The number of amides is 1. The summed E-state index contributed by atoms with van der Waals surface area (Å²) >= 11 is 1.26. The normalized spacial score (nSPS) is 11.1. The summed E-state index contributed by atoms with van der Waals surface area (Å²) in [5, 5.41) is 11.8. The van der Waals surface area contributed by atoms with Crippen molar-refractivity contribution in [1.29, 1.82) is 0 Å². The minimum absolute atomic E-state index is 0.310. The Morgan fingerprint density at radius 2 is 1.80 bits per heavy atom. The highest BCUT2D eigenvalue weighted by Crippen LogP contribution is 2.26. The summed E-state index contributed by atoms with van der Waals surface area (Å²) in [4.78, 5) is 12.3. The molecule has 2 N–H and O–H groups in total. The quantitative estimate of drug-likeness (QED) is 0.715. The Morgan fingerprint density at radius 3 is 2.52 bits per heavy atom. The molecule has 3 rings (SSSR count). The van der Waals surface area contributed by atoms with E-state index in [-0.39, 0.29) is 0 Å². The van der Waals surface area contributed by atoms with Crippen molar-refractivity contribution < 1.29 is 13.2 Å². The number of hydrogen-bond acceptors (Lipinski definition) is 6. The molecule has 0 saturated carbocycles. The van der Waals surface area contributed by atoms with E-state index < -0.39 is 15.9 Å². The Kier molecular flexibility index (Phi) is 4.77. The van der Waals surface area contributed by atoms with E-state index in [1.807, 2.05) is 30.3 Å². The fourth-order valence-corrected chi connectivity index (χ4v) is 3.38. The largest absolute Gasteiger partial charge is 0.296 e. The summed E-state index contributed by atoms with van der Waals surface area (Å²) in [5.41, 5.74) is 1.54. The Morgan fingerprint density at radius 1 is 1.04 bits per heavy atom. The first-order chi connectivity index (χ1) is 11.9. The number of carbonyl (C=O) groups excluding carboxylic acids is 1. The summed E-state index contributed by atoms with van der Waals surface area (Å²) < 4.78 is 24.9. The van der Waals surface area contributed by atoms with E-state index in [9.17, 15) is 13.2 Å². The van der Waals surface area contributed by atoms with Crippen LogP contribution in [0.5, 0.6) is 0 Å². The Bertz CT molecular complexity index is 1000. The number of carbonyl (C=O) groups is 1. The molecule has 25 heavy (non-hydrogen) atoms. The number of aromatic nitrogens is 2. The average Bonchev–Trinajstić information content (AvgIpc) is 3.03. The molecule has 0 fully saturated rings. The lowest BCUT2D eigenvalue weighted by Gasteiger charge is -2.06. The molecule has 0 atom stereocenters.